The average molecular weight is 479 g/mol. The summed E-state index contributed by atoms with van der Waals surface area (Å²) in [4.78, 5) is 47.6. The van der Waals surface area contributed by atoms with Crippen molar-refractivity contribution in [2.24, 2.45) is 5.92 Å². The number of esters is 1. The van der Waals surface area contributed by atoms with Gasteiger partial charge in [0, 0.05) is 6.42 Å². The van der Waals surface area contributed by atoms with E-state index in [0.29, 0.717) is 6.42 Å². The molecule has 0 fully saturated rings. The van der Waals surface area contributed by atoms with Gasteiger partial charge in [-0.05, 0) is 39.5 Å². The zero-order valence-corrected chi connectivity index (χ0v) is 20.0. The van der Waals surface area contributed by atoms with E-state index in [-0.39, 0.29) is 18.8 Å². The highest BCUT2D eigenvalue weighted by Crippen LogP contribution is 2.12. The van der Waals surface area contributed by atoms with Crippen LogP contribution in [0.5, 0.6) is 0 Å². The number of nitrogens with one attached hydrogen (secondary N) is 2. The molecule has 0 aromatic rings. The minimum Gasteiger partial charge on any atom is -0.461 e. The number of hydrogen-bond acceptors (Lipinski definition) is 10. The van der Waals surface area contributed by atoms with E-state index in [1.807, 2.05) is 19.2 Å². The van der Waals surface area contributed by atoms with Crippen LogP contribution in [0.2, 0.25) is 0 Å². The predicted molar refractivity (Wildman–Crippen MR) is 116 cm³/mol. The fourth-order valence-corrected chi connectivity index (χ4v) is 2.57. The largest absolute Gasteiger partial charge is 0.461 e. The van der Waals surface area contributed by atoms with Crippen LogP contribution in [-0.4, -0.2) is 87.0 Å². The lowest BCUT2D eigenvalue weighted by Crippen LogP contribution is -2.53. The van der Waals surface area contributed by atoms with Gasteiger partial charge in [-0.2, -0.15) is 0 Å². The van der Waals surface area contributed by atoms with Crippen molar-refractivity contribution < 1.29 is 49.1 Å². The molecule has 0 saturated carbocycles. The van der Waals surface area contributed by atoms with Gasteiger partial charge in [-0.15, -0.1) is 0 Å². The van der Waals surface area contributed by atoms with E-state index in [1.54, 1.807) is 27.7 Å². The highest BCUT2D eigenvalue weighted by molar-refractivity contribution is 5.97. The van der Waals surface area contributed by atoms with Crippen LogP contribution in [0.4, 0.5) is 4.79 Å². The highest BCUT2D eigenvalue weighted by atomic mass is 16.6. The normalized spacial score (nSPS) is 16.2. The molecule has 0 aliphatic rings. The second-order valence-electron chi connectivity index (χ2n) is 9.11. The Kier molecular flexibility index (Phi) is 13.1. The van der Waals surface area contributed by atoms with Gasteiger partial charge in [0.05, 0.1) is 0 Å². The fraction of sp³-hybridized carbons (Fsp3) is 0.810. The van der Waals surface area contributed by atoms with Crippen molar-refractivity contribution in [3.63, 3.8) is 0 Å². The van der Waals surface area contributed by atoms with Gasteiger partial charge >= 0.3 is 12.1 Å². The zero-order valence-electron chi connectivity index (χ0n) is 20.0. The fourth-order valence-electron chi connectivity index (χ4n) is 2.57. The van der Waals surface area contributed by atoms with Crippen molar-refractivity contribution in [1.29, 1.82) is 0 Å². The predicted octanol–water partition coefficient (Wildman–Crippen LogP) is -0.644. The molecule has 5 unspecified atom stereocenters. The summed E-state index contributed by atoms with van der Waals surface area (Å²) in [6.07, 6.45) is -8.51. The summed E-state index contributed by atoms with van der Waals surface area (Å²) in [5.74, 6) is -2.85. The van der Waals surface area contributed by atoms with Crippen LogP contribution < -0.4 is 10.6 Å². The summed E-state index contributed by atoms with van der Waals surface area (Å²) in [7, 11) is 0. The van der Waals surface area contributed by atoms with Crippen molar-refractivity contribution in [1.82, 2.24) is 10.6 Å². The van der Waals surface area contributed by atoms with Gasteiger partial charge < -0.3 is 35.2 Å². The summed E-state index contributed by atoms with van der Waals surface area (Å²) in [6, 6.07) is -1.10. The van der Waals surface area contributed by atoms with Crippen LogP contribution in [0.3, 0.4) is 0 Å². The molecule has 0 spiro atoms. The summed E-state index contributed by atoms with van der Waals surface area (Å²) >= 11 is 0. The minimum atomic E-state index is -2.21. The maximum absolute atomic E-state index is 12.4. The maximum atomic E-state index is 12.4. The summed E-state index contributed by atoms with van der Waals surface area (Å²) in [5.41, 5.74) is -0.791. The van der Waals surface area contributed by atoms with Gasteiger partial charge in [0.1, 0.15) is 36.6 Å². The Morgan fingerprint density at radius 2 is 1.55 bits per heavy atom. The Hall–Kier alpha value is -2.28. The minimum absolute atomic E-state index is 0.0149. The number of imide groups is 1. The first-order valence-corrected chi connectivity index (χ1v) is 10.8. The van der Waals surface area contributed by atoms with Gasteiger partial charge in [0.25, 0.3) is 5.91 Å². The molecule has 0 heterocycles. The molecule has 0 rings (SSSR count). The monoisotopic (exact) mass is 478 g/mol. The summed E-state index contributed by atoms with van der Waals surface area (Å²) in [6.45, 7) is 9.48. The van der Waals surface area contributed by atoms with Gasteiger partial charge in [-0.25, -0.2) is 9.59 Å². The van der Waals surface area contributed by atoms with E-state index in [1.165, 1.54) is 0 Å². The van der Waals surface area contributed by atoms with Crippen LogP contribution in [0, 0.1) is 5.92 Å². The molecule has 192 valence electrons. The molecule has 12 nitrogen and oxygen atoms in total. The SMILES string of the molecule is CCCC(=O)NC(=O)C(O)C(O)C(O)C(O)COC(=O)C(CC(C)C)NC(=O)OC(C)(C)C. The number of ether oxygens (including phenoxy) is 2. The van der Waals surface area contributed by atoms with Crippen molar-refractivity contribution >= 4 is 23.9 Å². The van der Waals surface area contributed by atoms with Gasteiger partial charge in [-0.3, -0.25) is 14.9 Å². The van der Waals surface area contributed by atoms with Crippen LogP contribution >= 0.6 is 0 Å². The summed E-state index contributed by atoms with van der Waals surface area (Å²) < 4.78 is 10.1. The Morgan fingerprint density at radius 1 is 0.970 bits per heavy atom. The lowest BCUT2D eigenvalue weighted by Gasteiger charge is -2.27. The Morgan fingerprint density at radius 3 is 2.03 bits per heavy atom. The second-order valence-corrected chi connectivity index (χ2v) is 9.11. The standard InChI is InChI=1S/C21H38N2O10/c1-7-8-14(25)23-18(29)17(28)16(27)15(26)13(24)10-32-19(30)12(9-11(2)3)22-20(31)33-21(4,5)6/h11-13,15-17,24,26-28H,7-10H2,1-6H3,(H,22,31)(H,23,25,29). The van der Waals surface area contributed by atoms with E-state index < -0.39 is 66.5 Å². The molecule has 0 bridgehead atoms. The third-order valence-electron chi connectivity index (χ3n) is 4.15. The van der Waals surface area contributed by atoms with Gasteiger partial charge in [0.15, 0.2) is 6.10 Å². The second kappa shape index (κ2) is 14.1. The average Bonchev–Trinajstić information content (AvgIpc) is 2.67. The van der Waals surface area contributed by atoms with Crippen LogP contribution in [0.15, 0.2) is 0 Å². The maximum Gasteiger partial charge on any atom is 0.408 e. The Labute approximate surface area is 193 Å². The third-order valence-corrected chi connectivity index (χ3v) is 4.15. The van der Waals surface area contributed by atoms with E-state index in [0.717, 1.165) is 0 Å². The smallest absolute Gasteiger partial charge is 0.408 e. The molecule has 12 heteroatoms. The molecule has 33 heavy (non-hydrogen) atoms. The molecule has 5 atom stereocenters. The van der Waals surface area contributed by atoms with Crippen molar-refractivity contribution in [2.75, 3.05) is 6.61 Å². The zero-order chi connectivity index (χ0) is 25.9. The van der Waals surface area contributed by atoms with Crippen molar-refractivity contribution in [2.45, 2.75) is 96.9 Å². The number of carbonyl (C=O) groups excluding carboxylic acids is 4. The van der Waals surface area contributed by atoms with Crippen molar-refractivity contribution in [3.05, 3.63) is 0 Å². The molecule has 0 radical (unpaired) electrons. The molecule has 3 amide bonds. The first-order chi connectivity index (χ1) is 15.1. The highest BCUT2D eigenvalue weighted by Gasteiger charge is 2.36. The van der Waals surface area contributed by atoms with E-state index in [9.17, 15) is 39.6 Å². The lowest BCUT2D eigenvalue weighted by molar-refractivity contribution is -0.162. The third kappa shape index (κ3) is 12.5. The molecule has 0 aliphatic heterocycles. The molecule has 6 N–H and O–H groups in total. The number of hydrogen-bond donors (Lipinski definition) is 6. The van der Waals surface area contributed by atoms with Crippen molar-refractivity contribution in [3.8, 4) is 0 Å². The first-order valence-electron chi connectivity index (χ1n) is 10.8. The molecule has 0 aromatic heterocycles. The number of carbonyl (C=O) groups is 4. The molecule has 0 aliphatic carbocycles. The van der Waals surface area contributed by atoms with Gasteiger partial charge in [0.2, 0.25) is 5.91 Å². The quantitative estimate of drug-likeness (QED) is 0.197. The Balaban J connectivity index is 4.92. The number of amides is 3. The van der Waals surface area contributed by atoms with E-state index in [4.69, 9.17) is 9.47 Å². The summed E-state index contributed by atoms with van der Waals surface area (Å²) in [5, 5.41) is 44.0. The van der Waals surface area contributed by atoms with Crippen LogP contribution in [0.1, 0.15) is 60.8 Å². The molecule has 0 aromatic carbocycles. The number of aliphatic hydroxyl groups is 4. The van der Waals surface area contributed by atoms with Crippen LogP contribution in [-0.2, 0) is 23.9 Å². The molecular formula is C21H38N2O10. The lowest BCUT2D eigenvalue weighted by atomic mass is 10.0. The number of rotatable bonds is 12. The Bertz CT molecular complexity index is 662. The topological polar surface area (TPSA) is 192 Å². The molecule has 0 saturated heterocycles. The number of alkyl carbamates (subject to hydrolysis) is 1. The van der Waals surface area contributed by atoms with Gasteiger partial charge in [-0.1, -0.05) is 20.8 Å². The van der Waals surface area contributed by atoms with E-state index >= 15 is 0 Å². The van der Waals surface area contributed by atoms with Crippen LogP contribution in [0.25, 0.3) is 0 Å². The van der Waals surface area contributed by atoms with E-state index in [2.05, 4.69) is 5.32 Å². The molecular weight excluding hydrogens is 440 g/mol. The first kappa shape index (κ1) is 30.7. The number of aliphatic hydroxyl groups excluding tert-OH is 4.